The summed E-state index contributed by atoms with van der Waals surface area (Å²) in [7, 11) is 0. The summed E-state index contributed by atoms with van der Waals surface area (Å²) in [6.07, 6.45) is 0. The number of nitrogens with zero attached hydrogens (tertiary/aromatic N) is 4. The van der Waals surface area contributed by atoms with Crippen LogP contribution in [0, 0.1) is 5.92 Å². The van der Waals surface area contributed by atoms with Crippen LogP contribution in [0.25, 0.3) is 11.4 Å². The highest BCUT2D eigenvalue weighted by atomic mass is 35.5. The standard InChI is InChI=1S/C12H13ClN4O2/c1-7(2)10(12(18)19)17-11(14-15-16-17)8-4-3-5-9(13)6-8/h3-7,10H,1-2H3,(H,18,19). The molecule has 1 aromatic heterocycles. The van der Waals surface area contributed by atoms with Gasteiger partial charge in [-0.2, -0.15) is 0 Å². The Labute approximate surface area is 115 Å². The Morgan fingerprint density at radius 3 is 2.74 bits per heavy atom. The predicted octanol–water partition coefficient (Wildman–Crippen LogP) is 2.28. The van der Waals surface area contributed by atoms with Crippen molar-refractivity contribution >= 4 is 17.6 Å². The van der Waals surface area contributed by atoms with Crippen molar-refractivity contribution in [3.05, 3.63) is 29.3 Å². The van der Waals surface area contributed by atoms with Gasteiger partial charge in [0.15, 0.2) is 11.9 Å². The zero-order valence-electron chi connectivity index (χ0n) is 10.5. The van der Waals surface area contributed by atoms with Gasteiger partial charge in [0, 0.05) is 10.6 Å². The Morgan fingerprint density at radius 1 is 1.42 bits per heavy atom. The summed E-state index contributed by atoms with van der Waals surface area (Å²) < 4.78 is 1.32. The molecule has 0 bridgehead atoms. The van der Waals surface area contributed by atoms with Gasteiger partial charge < -0.3 is 5.11 Å². The van der Waals surface area contributed by atoms with Crippen molar-refractivity contribution in [3.8, 4) is 11.4 Å². The van der Waals surface area contributed by atoms with Crippen LogP contribution in [0.1, 0.15) is 19.9 Å². The Kier molecular flexibility index (Phi) is 3.80. The number of carbonyl (C=O) groups is 1. The van der Waals surface area contributed by atoms with Crippen LogP contribution in [0.4, 0.5) is 0 Å². The number of aromatic nitrogens is 4. The van der Waals surface area contributed by atoms with Crippen LogP contribution in [0.5, 0.6) is 0 Å². The molecule has 0 spiro atoms. The van der Waals surface area contributed by atoms with E-state index in [-0.39, 0.29) is 5.92 Å². The van der Waals surface area contributed by atoms with Crippen molar-refractivity contribution in [1.29, 1.82) is 0 Å². The fourth-order valence-electron chi connectivity index (χ4n) is 1.87. The van der Waals surface area contributed by atoms with Gasteiger partial charge >= 0.3 is 5.97 Å². The molecule has 1 N–H and O–H groups in total. The number of benzene rings is 1. The van der Waals surface area contributed by atoms with E-state index in [0.717, 1.165) is 0 Å². The molecule has 0 aliphatic carbocycles. The Bertz CT molecular complexity index is 597. The first-order valence-electron chi connectivity index (χ1n) is 5.77. The van der Waals surface area contributed by atoms with Crippen LogP contribution in [0.15, 0.2) is 24.3 Å². The Balaban J connectivity index is 2.50. The van der Waals surface area contributed by atoms with E-state index in [9.17, 15) is 9.90 Å². The first kappa shape index (κ1) is 13.5. The number of hydrogen-bond donors (Lipinski definition) is 1. The zero-order chi connectivity index (χ0) is 14.0. The van der Waals surface area contributed by atoms with E-state index < -0.39 is 12.0 Å². The number of carboxylic acids is 1. The Hall–Kier alpha value is -1.95. The minimum absolute atomic E-state index is 0.140. The first-order chi connectivity index (χ1) is 9.00. The second-order valence-corrected chi connectivity index (χ2v) is 4.92. The largest absolute Gasteiger partial charge is 0.480 e. The fraction of sp³-hybridized carbons (Fsp3) is 0.333. The van der Waals surface area contributed by atoms with E-state index in [1.54, 1.807) is 24.3 Å². The first-order valence-corrected chi connectivity index (χ1v) is 6.15. The average molecular weight is 281 g/mol. The third kappa shape index (κ3) is 2.73. The van der Waals surface area contributed by atoms with E-state index in [2.05, 4.69) is 15.5 Å². The molecule has 7 heteroatoms. The third-order valence-corrected chi connectivity index (χ3v) is 2.96. The molecule has 0 amide bonds. The van der Waals surface area contributed by atoms with Crippen molar-refractivity contribution in [3.63, 3.8) is 0 Å². The molecule has 2 rings (SSSR count). The van der Waals surface area contributed by atoms with Crippen LogP contribution < -0.4 is 0 Å². The van der Waals surface area contributed by atoms with Crippen molar-refractivity contribution in [2.75, 3.05) is 0 Å². The molecular formula is C12H13ClN4O2. The monoisotopic (exact) mass is 280 g/mol. The number of hydrogen-bond acceptors (Lipinski definition) is 4. The number of rotatable bonds is 4. The highest BCUT2D eigenvalue weighted by Gasteiger charge is 2.28. The molecular weight excluding hydrogens is 268 g/mol. The molecule has 0 fully saturated rings. The number of halogens is 1. The minimum atomic E-state index is -0.967. The second-order valence-electron chi connectivity index (χ2n) is 4.48. The van der Waals surface area contributed by atoms with Crippen LogP contribution in [0.2, 0.25) is 5.02 Å². The van der Waals surface area contributed by atoms with Crippen LogP contribution in [-0.4, -0.2) is 31.3 Å². The lowest BCUT2D eigenvalue weighted by molar-refractivity contribution is -0.142. The molecule has 0 radical (unpaired) electrons. The summed E-state index contributed by atoms with van der Waals surface area (Å²) in [4.78, 5) is 11.3. The van der Waals surface area contributed by atoms with Gasteiger partial charge in [-0.3, -0.25) is 0 Å². The van der Waals surface area contributed by atoms with Crippen LogP contribution in [-0.2, 0) is 4.79 Å². The van der Waals surface area contributed by atoms with Crippen LogP contribution >= 0.6 is 11.6 Å². The van der Waals surface area contributed by atoms with Crippen molar-refractivity contribution < 1.29 is 9.90 Å². The number of aliphatic carboxylic acids is 1. The van der Waals surface area contributed by atoms with Crippen LogP contribution in [0.3, 0.4) is 0 Å². The molecule has 19 heavy (non-hydrogen) atoms. The molecule has 100 valence electrons. The predicted molar refractivity (Wildman–Crippen MR) is 69.8 cm³/mol. The molecule has 1 atom stereocenters. The van der Waals surface area contributed by atoms with Gasteiger partial charge in [0.1, 0.15) is 0 Å². The summed E-state index contributed by atoms with van der Waals surface area (Å²) in [6, 6.07) is 6.16. The quantitative estimate of drug-likeness (QED) is 0.929. The lowest BCUT2D eigenvalue weighted by Gasteiger charge is -2.17. The van der Waals surface area contributed by atoms with Gasteiger partial charge in [0.25, 0.3) is 0 Å². The second kappa shape index (κ2) is 5.36. The van der Waals surface area contributed by atoms with Gasteiger partial charge in [0.2, 0.25) is 0 Å². The van der Waals surface area contributed by atoms with E-state index in [1.165, 1.54) is 4.68 Å². The lowest BCUT2D eigenvalue weighted by atomic mass is 10.0. The highest BCUT2D eigenvalue weighted by Crippen LogP contribution is 2.25. The minimum Gasteiger partial charge on any atom is -0.480 e. The van der Waals surface area contributed by atoms with E-state index in [1.807, 2.05) is 13.8 Å². The lowest BCUT2D eigenvalue weighted by Crippen LogP contribution is -2.26. The van der Waals surface area contributed by atoms with Gasteiger partial charge in [-0.05, 0) is 28.5 Å². The highest BCUT2D eigenvalue weighted by molar-refractivity contribution is 6.30. The molecule has 0 aliphatic heterocycles. The van der Waals surface area contributed by atoms with Gasteiger partial charge in [-0.25, -0.2) is 9.48 Å². The van der Waals surface area contributed by atoms with Gasteiger partial charge in [-0.1, -0.05) is 37.6 Å². The molecule has 1 unspecified atom stereocenters. The van der Waals surface area contributed by atoms with Crippen molar-refractivity contribution in [1.82, 2.24) is 20.2 Å². The Morgan fingerprint density at radius 2 is 2.16 bits per heavy atom. The summed E-state index contributed by atoms with van der Waals surface area (Å²) in [5.41, 5.74) is 0.685. The van der Waals surface area contributed by atoms with Gasteiger partial charge in [0.05, 0.1) is 0 Å². The third-order valence-electron chi connectivity index (χ3n) is 2.72. The van der Waals surface area contributed by atoms with Crippen molar-refractivity contribution in [2.24, 2.45) is 5.92 Å². The summed E-state index contributed by atoms with van der Waals surface area (Å²) >= 11 is 5.92. The van der Waals surface area contributed by atoms with E-state index in [0.29, 0.717) is 16.4 Å². The molecule has 1 aromatic carbocycles. The fourth-order valence-corrected chi connectivity index (χ4v) is 2.06. The normalized spacial score (nSPS) is 12.6. The smallest absolute Gasteiger partial charge is 0.328 e. The maximum atomic E-state index is 11.3. The molecule has 0 saturated heterocycles. The van der Waals surface area contributed by atoms with Crippen molar-refractivity contribution in [2.45, 2.75) is 19.9 Å². The molecule has 1 heterocycles. The number of tetrazole rings is 1. The summed E-state index contributed by atoms with van der Waals surface area (Å²) in [5.74, 6) is -0.715. The molecule has 0 aliphatic rings. The maximum absolute atomic E-state index is 11.3. The van der Waals surface area contributed by atoms with Gasteiger partial charge in [-0.15, -0.1) is 5.10 Å². The van der Waals surface area contributed by atoms with E-state index in [4.69, 9.17) is 11.6 Å². The average Bonchev–Trinajstić information content (AvgIpc) is 2.77. The van der Waals surface area contributed by atoms with E-state index >= 15 is 0 Å². The summed E-state index contributed by atoms with van der Waals surface area (Å²) in [6.45, 7) is 3.62. The molecule has 2 aromatic rings. The topological polar surface area (TPSA) is 80.9 Å². The number of carboxylic acid groups (broad SMARTS) is 1. The maximum Gasteiger partial charge on any atom is 0.328 e. The summed E-state index contributed by atoms with van der Waals surface area (Å²) in [5, 5.41) is 21.1. The molecule has 6 nitrogen and oxygen atoms in total. The zero-order valence-corrected chi connectivity index (χ0v) is 11.2. The SMILES string of the molecule is CC(C)C(C(=O)O)n1nnnc1-c1cccc(Cl)c1. The molecule has 0 saturated carbocycles.